The van der Waals surface area contributed by atoms with Gasteiger partial charge in [-0.25, -0.2) is 0 Å². The number of amides is 1. The number of hydrogen-bond donors (Lipinski definition) is 2. The number of carbonyl (C=O) groups is 2. The summed E-state index contributed by atoms with van der Waals surface area (Å²) in [5.41, 5.74) is 5.24. The second-order valence-electron chi connectivity index (χ2n) is 4.24. The third kappa shape index (κ3) is 2.68. The van der Waals surface area contributed by atoms with Gasteiger partial charge in [-0.15, -0.1) is 0 Å². The highest BCUT2D eigenvalue weighted by Crippen LogP contribution is 2.23. The Morgan fingerprint density at radius 1 is 1.47 bits per heavy atom. The number of hydrogen-bond acceptors (Lipinski definition) is 3. The Kier molecular flexibility index (Phi) is 3.68. The van der Waals surface area contributed by atoms with Gasteiger partial charge in [-0.05, 0) is 26.7 Å². The van der Waals surface area contributed by atoms with Crippen LogP contribution in [0.4, 0.5) is 0 Å². The first-order valence-corrected chi connectivity index (χ1v) is 5.21. The van der Waals surface area contributed by atoms with Crippen molar-refractivity contribution >= 4 is 11.9 Å². The van der Waals surface area contributed by atoms with E-state index in [1.807, 2.05) is 11.8 Å². The van der Waals surface area contributed by atoms with Crippen LogP contribution in [0.1, 0.15) is 26.7 Å². The molecule has 1 aliphatic rings. The number of nitrogens with two attached hydrogens (primary N) is 1. The molecule has 1 rings (SSSR count). The third-order valence-electron chi connectivity index (χ3n) is 3.19. The molecule has 15 heavy (non-hydrogen) atoms. The molecule has 0 bridgehead atoms. The number of carboxylic acid groups (broad SMARTS) is 1. The molecule has 3 unspecified atom stereocenters. The van der Waals surface area contributed by atoms with E-state index in [1.165, 1.54) is 0 Å². The maximum absolute atomic E-state index is 11.0. The van der Waals surface area contributed by atoms with Crippen LogP contribution >= 0.6 is 0 Å². The summed E-state index contributed by atoms with van der Waals surface area (Å²) in [6, 6.07) is -0.353. The first-order valence-electron chi connectivity index (χ1n) is 5.21. The predicted molar refractivity (Wildman–Crippen MR) is 55.2 cm³/mol. The minimum Gasteiger partial charge on any atom is -0.480 e. The number of likely N-dealkylation sites (tertiary alicyclic amines) is 1. The van der Waals surface area contributed by atoms with Gasteiger partial charge in [0.1, 0.15) is 6.04 Å². The summed E-state index contributed by atoms with van der Waals surface area (Å²) in [4.78, 5) is 23.7. The van der Waals surface area contributed by atoms with Crippen LogP contribution in [-0.4, -0.2) is 40.5 Å². The minimum atomic E-state index is -0.855. The zero-order valence-corrected chi connectivity index (χ0v) is 9.14. The van der Waals surface area contributed by atoms with Crippen molar-refractivity contribution in [1.82, 2.24) is 4.90 Å². The minimum absolute atomic E-state index is 0.201. The van der Waals surface area contributed by atoms with Gasteiger partial charge in [0.25, 0.3) is 0 Å². The number of primary amides is 1. The number of carbonyl (C=O) groups excluding carboxylic acids is 1. The van der Waals surface area contributed by atoms with Crippen molar-refractivity contribution in [1.29, 1.82) is 0 Å². The molecule has 5 nitrogen and oxygen atoms in total. The maximum atomic E-state index is 11.0. The van der Waals surface area contributed by atoms with E-state index < -0.39 is 12.0 Å². The fourth-order valence-electron chi connectivity index (χ4n) is 2.05. The lowest BCUT2D eigenvalue weighted by Crippen LogP contribution is -2.52. The first-order chi connectivity index (χ1) is 6.93. The lowest BCUT2D eigenvalue weighted by atomic mass is 9.92. The molecule has 1 aliphatic heterocycles. The lowest BCUT2D eigenvalue weighted by Gasteiger charge is -2.39. The largest absolute Gasteiger partial charge is 0.480 e. The molecule has 3 atom stereocenters. The van der Waals surface area contributed by atoms with Crippen molar-refractivity contribution in [2.75, 3.05) is 6.54 Å². The molecule has 0 radical (unpaired) electrons. The molecular weight excluding hydrogens is 196 g/mol. The quantitative estimate of drug-likeness (QED) is 0.695. The van der Waals surface area contributed by atoms with Gasteiger partial charge in [0.2, 0.25) is 5.91 Å². The average molecular weight is 214 g/mol. The highest BCUT2D eigenvalue weighted by Gasteiger charge is 2.33. The van der Waals surface area contributed by atoms with E-state index in [0.29, 0.717) is 6.54 Å². The fourth-order valence-corrected chi connectivity index (χ4v) is 2.05. The highest BCUT2D eigenvalue weighted by molar-refractivity contribution is 5.77. The number of nitrogens with zero attached hydrogens (tertiary/aromatic N) is 1. The van der Waals surface area contributed by atoms with Crippen LogP contribution in [0.2, 0.25) is 0 Å². The number of carboxylic acids is 1. The summed E-state index contributed by atoms with van der Waals surface area (Å²) in [5, 5.41) is 8.92. The second-order valence-corrected chi connectivity index (χ2v) is 4.24. The molecule has 0 aromatic carbocycles. The molecule has 0 aliphatic carbocycles. The van der Waals surface area contributed by atoms with Crippen molar-refractivity contribution in [3.63, 3.8) is 0 Å². The summed E-state index contributed by atoms with van der Waals surface area (Å²) < 4.78 is 0. The third-order valence-corrected chi connectivity index (χ3v) is 3.19. The van der Waals surface area contributed by atoms with Crippen molar-refractivity contribution in [3.05, 3.63) is 0 Å². The molecule has 0 aromatic rings. The van der Waals surface area contributed by atoms with Crippen molar-refractivity contribution < 1.29 is 14.7 Å². The fraction of sp³-hybridized carbons (Fsp3) is 0.800. The second kappa shape index (κ2) is 4.61. The molecule has 3 N–H and O–H groups in total. The molecule has 5 heteroatoms. The average Bonchev–Trinajstić information content (AvgIpc) is 2.16. The van der Waals surface area contributed by atoms with Gasteiger partial charge in [-0.2, -0.15) is 0 Å². The van der Waals surface area contributed by atoms with Gasteiger partial charge < -0.3 is 10.8 Å². The summed E-state index contributed by atoms with van der Waals surface area (Å²) >= 11 is 0. The van der Waals surface area contributed by atoms with Crippen molar-refractivity contribution in [2.24, 2.45) is 11.7 Å². The van der Waals surface area contributed by atoms with E-state index >= 15 is 0 Å². The number of aliphatic carboxylic acids is 1. The number of rotatable bonds is 3. The first kappa shape index (κ1) is 12.0. The van der Waals surface area contributed by atoms with Crippen molar-refractivity contribution in [3.8, 4) is 0 Å². The molecular formula is C10H18N2O3. The zero-order valence-electron chi connectivity index (χ0n) is 9.14. The van der Waals surface area contributed by atoms with Crippen LogP contribution in [0.15, 0.2) is 0 Å². The van der Waals surface area contributed by atoms with Gasteiger partial charge in [-0.3, -0.25) is 14.5 Å². The maximum Gasteiger partial charge on any atom is 0.320 e. The molecule has 1 saturated heterocycles. The van der Waals surface area contributed by atoms with Gasteiger partial charge in [-0.1, -0.05) is 0 Å². The summed E-state index contributed by atoms with van der Waals surface area (Å²) in [7, 11) is 0. The van der Waals surface area contributed by atoms with E-state index in [9.17, 15) is 9.59 Å². The Hall–Kier alpha value is -1.10. The standard InChI is InChI=1S/C10H18N2O3/c1-6-3-4-8(9(11)13)5-12(6)7(2)10(14)15/h6-8H,3-5H2,1-2H3,(H2,11,13)(H,14,15). The Bertz CT molecular complexity index is 267. The van der Waals surface area contributed by atoms with E-state index in [4.69, 9.17) is 10.8 Å². The Balaban J connectivity index is 2.69. The molecule has 1 amide bonds. The molecule has 86 valence electrons. The van der Waals surface area contributed by atoms with Crippen LogP contribution in [0.25, 0.3) is 0 Å². The van der Waals surface area contributed by atoms with Crippen LogP contribution in [-0.2, 0) is 9.59 Å². The Morgan fingerprint density at radius 3 is 2.53 bits per heavy atom. The Morgan fingerprint density at radius 2 is 2.07 bits per heavy atom. The monoisotopic (exact) mass is 214 g/mol. The topological polar surface area (TPSA) is 83.6 Å². The molecule has 0 saturated carbocycles. The van der Waals surface area contributed by atoms with Crippen LogP contribution in [0, 0.1) is 5.92 Å². The zero-order chi connectivity index (χ0) is 11.6. The molecule has 1 heterocycles. The highest BCUT2D eigenvalue weighted by atomic mass is 16.4. The molecule has 0 spiro atoms. The summed E-state index contributed by atoms with van der Waals surface area (Å²) in [5.74, 6) is -1.39. The van der Waals surface area contributed by atoms with Crippen LogP contribution in [0.5, 0.6) is 0 Å². The van der Waals surface area contributed by atoms with Gasteiger partial charge in [0.15, 0.2) is 0 Å². The predicted octanol–water partition coefficient (Wildman–Crippen LogP) is 0.0453. The van der Waals surface area contributed by atoms with Gasteiger partial charge >= 0.3 is 5.97 Å². The smallest absolute Gasteiger partial charge is 0.320 e. The van der Waals surface area contributed by atoms with Gasteiger partial charge in [0, 0.05) is 12.6 Å². The van der Waals surface area contributed by atoms with Crippen LogP contribution in [0.3, 0.4) is 0 Å². The van der Waals surface area contributed by atoms with Gasteiger partial charge in [0.05, 0.1) is 5.92 Å². The van der Waals surface area contributed by atoms with E-state index in [2.05, 4.69) is 0 Å². The lowest BCUT2D eigenvalue weighted by molar-refractivity contribution is -0.145. The Labute approximate surface area is 89.2 Å². The summed E-state index contributed by atoms with van der Waals surface area (Å²) in [6.45, 7) is 4.09. The number of piperidine rings is 1. The molecule has 0 aromatic heterocycles. The SMILES string of the molecule is CC1CCC(C(N)=O)CN1C(C)C(=O)O. The van der Waals surface area contributed by atoms with E-state index in [1.54, 1.807) is 6.92 Å². The molecule has 1 fully saturated rings. The van der Waals surface area contributed by atoms with Crippen LogP contribution < -0.4 is 5.73 Å². The van der Waals surface area contributed by atoms with E-state index in [-0.39, 0.29) is 17.9 Å². The normalized spacial score (nSPS) is 29.7. The van der Waals surface area contributed by atoms with Crippen molar-refractivity contribution in [2.45, 2.75) is 38.8 Å². The summed E-state index contributed by atoms with van der Waals surface area (Å²) in [6.07, 6.45) is 1.59. The van der Waals surface area contributed by atoms with E-state index in [0.717, 1.165) is 12.8 Å².